The molecule has 1 aliphatic rings. The molecule has 128 valence electrons. The summed E-state index contributed by atoms with van der Waals surface area (Å²) in [5.41, 5.74) is 0.934. The summed E-state index contributed by atoms with van der Waals surface area (Å²) < 4.78 is 0. The van der Waals surface area contributed by atoms with E-state index in [2.05, 4.69) is 21.8 Å². The average Bonchev–Trinajstić information content (AvgIpc) is 2.61. The highest BCUT2D eigenvalue weighted by atomic mass is 32.2. The molecule has 0 N–H and O–H groups in total. The standard InChI is InChI=1S/C18H24N4OS/c1-4-21-9-11-22(12-10-21)18(23)13(2)24-17-15-7-5-6-8-16(15)19-14(3)20-17/h5-8,13H,4,9-12H2,1-3H3. The van der Waals surface area contributed by atoms with Crippen molar-refractivity contribution in [3.8, 4) is 0 Å². The van der Waals surface area contributed by atoms with Crippen molar-refractivity contribution in [1.82, 2.24) is 19.8 Å². The Bertz CT molecular complexity index is 728. The number of fused-ring (bicyclic) bond motifs is 1. The Kier molecular flexibility index (Phi) is 5.36. The van der Waals surface area contributed by atoms with Crippen molar-refractivity contribution in [3.63, 3.8) is 0 Å². The lowest BCUT2D eigenvalue weighted by molar-refractivity contribution is -0.132. The van der Waals surface area contributed by atoms with Crippen molar-refractivity contribution in [1.29, 1.82) is 0 Å². The highest BCUT2D eigenvalue weighted by molar-refractivity contribution is 8.00. The summed E-state index contributed by atoms with van der Waals surface area (Å²) in [5, 5.41) is 1.77. The number of hydrogen-bond donors (Lipinski definition) is 0. The van der Waals surface area contributed by atoms with Gasteiger partial charge in [-0.2, -0.15) is 0 Å². The summed E-state index contributed by atoms with van der Waals surface area (Å²) in [5.74, 6) is 0.948. The van der Waals surface area contributed by atoms with Gasteiger partial charge in [-0.3, -0.25) is 4.79 Å². The van der Waals surface area contributed by atoms with Gasteiger partial charge in [-0.25, -0.2) is 9.97 Å². The lowest BCUT2D eigenvalue weighted by atomic mass is 10.2. The molecular formula is C18H24N4OS. The van der Waals surface area contributed by atoms with Crippen LogP contribution in [0.2, 0.25) is 0 Å². The first kappa shape index (κ1) is 17.2. The summed E-state index contributed by atoms with van der Waals surface area (Å²) >= 11 is 1.54. The molecule has 2 aromatic rings. The maximum atomic E-state index is 12.8. The zero-order chi connectivity index (χ0) is 17.1. The highest BCUT2D eigenvalue weighted by Gasteiger charge is 2.25. The third kappa shape index (κ3) is 3.70. The van der Waals surface area contributed by atoms with E-state index in [9.17, 15) is 4.79 Å². The first-order valence-electron chi connectivity index (χ1n) is 8.49. The van der Waals surface area contributed by atoms with Crippen LogP contribution in [-0.4, -0.2) is 63.6 Å². The van der Waals surface area contributed by atoms with Crippen LogP contribution >= 0.6 is 11.8 Å². The van der Waals surface area contributed by atoms with Crippen molar-refractivity contribution in [2.24, 2.45) is 0 Å². The maximum Gasteiger partial charge on any atom is 0.235 e. The van der Waals surface area contributed by atoms with Crippen LogP contribution in [0.1, 0.15) is 19.7 Å². The molecule has 0 saturated carbocycles. The number of amides is 1. The summed E-state index contributed by atoms with van der Waals surface area (Å²) in [6.45, 7) is 10.7. The number of carbonyl (C=O) groups is 1. The molecule has 1 fully saturated rings. The quantitative estimate of drug-likeness (QED) is 0.630. The molecule has 24 heavy (non-hydrogen) atoms. The molecule has 6 heteroatoms. The van der Waals surface area contributed by atoms with Gasteiger partial charge in [-0.05, 0) is 26.5 Å². The minimum Gasteiger partial charge on any atom is -0.339 e. The molecule has 1 atom stereocenters. The van der Waals surface area contributed by atoms with Crippen LogP contribution in [0.4, 0.5) is 0 Å². The van der Waals surface area contributed by atoms with Crippen LogP contribution in [-0.2, 0) is 4.79 Å². The van der Waals surface area contributed by atoms with Gasteiger partial charge in [-0.1, -0.05) is 36.9 Å². The van der Waals surface area contributed by atoms with E-state index in [0.29, 0.717) is 0 Å². The van der Waals surface area contributed by atoms with Crippen LogP contribution in [0.3, 0.4) is 0 Å². The van der Waals surface area contributed by atoms with Crippen molar-refractivity contribution in [2.75, 3.05) is 32.7 Å². The third-order valence-corrected chi connectivity index (χ3v) is 5.54. The summed E-state index contributed by atoms with van der Waals surface area (Å²) in [6.07, 6.45) is 0. The average molecular weight is 344 g/mol. The number of nitrogens with zero attached hydrogens (tertiary/aromatic N) is 4. The molecule has 5 nitrogen and oxygen atoms in total. The minimum absolute atomic E-state index is 0.143. The zero-order valence-corrected chi connectivity index (χ0v) is 15.3. The number of thioether (sulfide) groups is 1. The number of aryl methyl sites for hydroxylation is 1. The summed E-state index contributed by atoms with van der Waals surface area (Å²) in [6, 6.07) is 7.98. The van der Waals surface area contributed by atoms with Crippen LogP contribution in [0.5, 0.6) is 0 Å². The van der Waals surface area contributed by atoms with Crippen LogP contribution in [0.25, 0.3) is 10.9 Å². The molecule has 1 aliphatic heterocycles. The van der Waals surface area contributed by atoms with Crippen molar-refractivity contribution in [2.45, 2.75) is 31.0 Å². The van der Waals surface area contributed by atoms with Gasteiger partial charge in [0.25, 0.3) is 0 Å². The van der Waals surface area contributed by atoms with E-state index in [1.54, 1.807) is 0 Å². The SMILES string of the molecule is CCN1CCN(C(=O)C(C)Sc2nc(C)nc3ccccc23)CC1. The van der Waals surface area contributed by atoms with Gasteiger partial charge in [0.05, 0.1) is 10.8 Å². The molecular weight excluding hydrogens is 320 g/mol. The Balaban J connectivity index is 1.73. The number of hydrogen-bond acceptors (Lipinski definition) is 5. The molecule has 0 aliphatic carbocycles. The Labute approximate surface area is 147 Å². The lowest BCUT2D eigenvalue weighted by Crippen LogP contribution is -2.50. The fourth-order valence-electron chi connectivity index (χ4n) is 3.01. The van der Waals surface area contributed by atoms with Gasteiger partial charge < -0.3 is 9.80 Å². The van der Waals surface area contributed by atoms with Crippen LogP contribution in [0.15, 0.2) is 29.3 Å². The fourth-order valence-corrected chi connectivity index (χ4v) is 4.08. The number of para-hydroxylation sites is 1. The normalized spacial score (nSPS) is 17.2. The molecule has 1 aromatic carbocycles. The fraction of sp³-hybridized carbons (Fsp3) is 0.500. The van der Waals surface area contributed by atoms with Crippen molar-refractivity contribution in [3.05, 3.63) is 30.1 Å². The topological polar surface area (TPSA) is 49.3 Å². The number of likely N-dealkylation sites (N-methyl/N-ethyl adjacent to an activating group) is 1. The molecule has 1 amide bonds. The third-order valence-electron chi connectivity index (χ3n) is 4.45. The monoisotopic (exact) mass is 344 g/mol. The molecule has 1 aromatic heterocycles. The zero-order valence-electron chi connectivity index (χ0n) is 14.5. The largest absolute Gasteiger partial charge is 0.339 e. The van der Waals surface area contributed by atoms with Crippen molar-refractivity contribution < 1.29 is 4.79 Å². The smallest absolute Gasteiger partial charge is 0.235 e. The van der Waals surface area contributed by atoms with E-state index in [0.717, 1.165) is 54.5 Å². The van der Waals surface area contributed by atoms with Gasteiger partial charge in [0.1, 0.15) is 10.9 Å². The second kappa shape index (κ2) is 7.49. The van der Waals surface area contributed by atoms with Gasteiger partial charge in [-0.15, -0.1) is 0 Å². The van der Waals surface area contributed by atoms with E-state index in [-0.39, 0.29) is 11.2 Å². The van der Waals surface area contributed by atoms with E-state index < -0.39 is 0 Å². The molecule has 1 unspecified atom stereocenters. The lowest BCUT2D eigenvalue weighted by Gasteiger charge is -2.35. The minimum atomic E-state index is -0.143. The van der Waals surface area contributed by atoms with E-state index in [4.69, 9.17) is 0 Å². The summed E-state index contributed by atoms with van der Waals surface area (Å²) in [4.78, 5) is 26.2. The van der Waals surface area contributed by atoms with Crippen LogP contribution in [0, 0.1) is 6.92 Å². The van der Waals surface area contributed by atoms with Gasteiger partial charge >= 0.3 is 0 Å². The number of aromatic nitrogens is 2. The number of carbonyl (C=O) groups excluding carboxylic acids is 1. The van der Waals surface area contributed by atoms with E-state index in [1.165, 1.54) is 11.8 Å². The molecule has 0 spiro atoms. The maximum absolute atomic E-state index is 12.8. The first-order chi connectivity index (χ1) is 11.6. The second-order valence-electron chi connectivity index (χ2n) is 6.11. The Morgan fingerprint density at radius 2 is 1.92 bits per heavy atom. The highest BCUT2D eigenvalue weighted by Crippen LogP contribution is 2.29. The number of piperazine rings is 1. The molecule has 0 radical (unpaired) electrons. The first-order valence-corrected chi connectivity index (χ1v) is 9.37. The molecule has 0 bridgehead atoms. The van der Waals surface area contributed by atoms with Crippen molar-refractivity contribution >= 4 is 28.6 Å². The van der Waals surface area contributed by atoms with E-state index in [1.807, 2.05) is 43.0 Å². The predicted molar refractivity (Wildman–Crippen MR) is 98.3 cm³/mol. The van der Waals surface area contributed by atoms with Gasteiger partial charge in [0.15, 0.2) is 0 Å². The number of rotatable bonds is 4. The van der Waals surface area contributed by atoms with Gasteiger partial charge in [0, 0.05) is 31.6 Å². The van der Waals surface area contributed by atoms with E-state index >= 15 is 0 Å². The molecule has 3 rings (SSSR count). The Hall–Kier alpha value is -1.66. The predicted octanol–water partition coefficient (Wildman–Crippen LogP) is 2.58. The number of benzene rings is 1. The van der Waals surface area contributed by atoms with Gasteiger partial charge in [0.2, 0.25) is 5.91 Å². The molecule has 1 saturated heterocycles. The van der Waals surface area contributed by atoms with Crippen LogP contribution < -0.4 is 0 Å². The summed E-state index contributed by atoms with van der Waals surface area (Å²) in [7, 11) is 0. The Morgan fingerprint density at radius 3 is 2.62 bits per heavy atom. The second-order valence-corrected chi connectivity index (χ2v) is 7.44. The Morgan fingerprint density at radius 1 is 1.21 bits per heavy atom. The molecule has 2 heterocycles.